The van der Waals surface area contributed by atoms with Crippen molar-refractivity contribution in [3.63, 3.8) is 0 Å². The maximum Gasteiger partial charge on any atom is 0.328 e. The second kappa shape index (κ2) is 6.51. The van der Waals surface area contributed by atoms with Crippen LogP contribution in [0.25, 0.3) is 6.08 Å². The fourth-order valence-corrected chi connectivity index (χ4v) is 2.62. The van der Waals surface area contributed by atoms with Gasteiger partial charge < -0.3 is 5.11 Å². The minimum atomic E-state index is -1.04. The molecular weight excluding hydrogens is 312 g/mol. The summed E-state index contributed by atoms with van der Waals surface area (Å²) in [5, 5.41) is 12.1. The standard InChI is InChI=1S/C14H11ClN2O3S/c1-8-4-9(6-10(15)5-8)13(20)17-14-16-7-11(21-14)2-3-12(18)19/h2-7H,1H3,(H,18,19)(H,16,17,20)/b3-2+. The molecule has 0 bridgehead atoms. The van der Waals surface area contributed by atoms with E-state index in [1.54, 1.807) is 18.2 Å². The molecule has 0 unspecified atom stereocenters. The fourth-order valence-electron chi connectivity index (χ4n) is 1.61. The summed E-state index contributed by atoms with van der Waals surface area (Å²) in [5.74, 6) is -1.35. The molecular formula is C14H11ClN2O3S. The number of carboxylic acids is 1. The number of halogens is 1. The molecule has 0 spiro atoms. The molecule has 0 aliphatic heterocycles. The number of carbonyl (C=O) groups is 2. The number of aryl methyl sites for hydroxylation is 1. The normalized spacial score (nSPS) is 10.8. The number of rotatable bonds is 4. The smallest absolute Gasteiger partial charge is 0.328 e. The largest absolute Gasteiger partial charge is 0.478 e. The van der Waals surface area contributed by atoms with Gasteiger partial charge in [0.15, 0.2) is 5.13 Å². The van der Waals surface area contributed by atoms with Crippen LogP contribution in [0.2, 0.25) is 5.02 Å². The van der Waals surface area contributed by atoms with E-state index in [1.165, 1.54) is 23.6 Å². The summed E-state index contributed by atoms with van der Waals surface area (Å²) >= 11 is 7.09. The molecule has 0 atom stereocenters. The molecule has 108 valence electrons. The summed E-state index contributed by atoms with van der Waals surface area (Å²) in [7, 11) is 0. The molecule has 1 heterocycles. The molecule has 0 saturated heterocycles. The van der Waals surface area contributed by atoms with Crippen LogP contribution in [0.1, 0.15) is 20.8 Å². The maximum absolute atomic E-state index is 12.1. The zero-order chi connectivity index (χ0) is 15.4. The molecule has 1 aromatic carbocycles. The summed E-state index contributed by atoms with van der Waals surface area (Å²) in [6, 6.07) is 5.05. The lowest BCUT2D eigenvalue weighted by atomic mass is 10.1. The van der Waals surface area contributed by atoms with Gasteiger partial charge in [-0.2, -0.15) is 0 Å². The predicted molar refractivity (Wildman–Crippen MR) is 82.9 cm³/mol. The second-order valence-electron chi connectivity index (χ2n) is 4.21. The third kappa shape index (κ3) is 4.40. The maximum atomic E-state index is 12.1. The van der Waals surface area contributed by atoms with Gasteiger partial charge in [-0.05, 0) is 36.8 Å². The predicted octanol–water partition coefficient (Wildman–Crippen LogP) is 3.46. The number of hydrogen-bond donors (Lipinski definition) is 2. The molecule has 2 rings (SSSR count). The number of carbonyl (C=O) groups excluding carboxylic acids is 1. The lowest BCUT2D eigenvalue weighted by molar-refractivity contribution is -0.131. The van der Waals surface area contributed by atoms with Gasteiger partial charge in [0.2, 0.25) is 0 Å². The minimum Gasteiger partial charge on any atom is -0.478 e. The van der Waals surface area contributed by atoms with Crippen molar-refractivity contribution in [2.45, 2.75) is 6.92 Å². The zero-order valence-corrected chi connectivity index (χ0v) is 12.5. The van der Waals surface area contributed by atoms with Gasteiger partial charge >= 0.3 is 5.97 Å². The van der Waals surface area contributed by atoms with Crippen LogP contribution in [-0.2, 0) is 4.79 Å². The zero-order valence-electron chi connectivity index (χ0n) is 11.0. The van der Waals surface area contributed by atoms with E-state index < -0.39 is 5.97 Å². The highest BCUT2D eigenvalue weighted by atomic mass is 35.5. The summed E-state index contributed by atoms with van der Waals surface area (Å²) in [6.07, 6.45) is 3.92. The second-order valence-corrected chi connectivity index (χ2v) is 5.71. The van der Waals surface area contributed by atoms with Crippen LogP contribution in [0, 0.1) is 6.92 Å². The van der Waals surface area contributed by atoms with Gasteiger partial charge in [0.1, 0.15) is 0 Å². The molecule has 0 radical (unpaired) electrons. The number of nitrogens with zero attached hydrogens (tertiary/aromatic N) is 1. The lowest BCUT2D eigenvalue weighted by Gasteiger charge is -2.03. The molecule has 1 amide bonds. The first-order valence-electron chi connectivity index (χ1n) is 5.89. The molecule has 2 N–H and O–H groups in total. The van der Waals surface area contributed by atoms with Crippen molar-refractivity contribution in [3.8, 4) is 0 Å². The van der Waals surface area contributed by atoms with Crippen molar-refractivity contribution >= 4 is 46.0 Å². The Kier molecular flexibility index (Phi) is 4.72. The molecule has 21 heavy (non-hydrogen) atoms. The van der Waals surface area contributed by atoms with Crippen molar-refractivity contribution in [2.24, 2.45) is 0 Å². The van der Waals surface area contributed by atoms with E-state index in [0.717, 1.165) is 11.6 Å². The topological polar surface area (TPSA) is 79.3 Å². The van der Waals surface area contributed by atoms with Crippen LogP contribution >= 0.6 is 22.9 Å². The molecule has 2 aromatic rings. The van der Waals surface area contributed by atoms with Crippen LogP contribution in [-0.4, -0.2) is 22.0 Å². The molecule has 0 aliphatic carbocycles. The average molecular weight is 323 g/mol. The van der Waals surface area contributed by atoms with Gasteiger partial charge in [0.25, 0.3) is 5.91 Å². The van der Waals surface area contributed by atoms with Crippen molar-refractivity contribution < 1.29 is 14.7 Å². The molecule has 7 heteroatoms. The van der Waals surface area contributed by atoms with Crippen molar-refractivity contribution in [2.75, 3.05) is 5.32 Å². The van der Waals surface area contributed by atoms with Gasteiger partial charge in [-0.15, -0.1) is 0 Å². The summed E-state index contributed by atoms with van der Waals surface area (Å²) in [4.78, 5) is 27.1. The van der Waals surface area contributed by atoms with E-state index in [2.05, 4.69) is 10.3 Å². The van der Waals surface area contributed by atoms with Crippen LogP contribution in [0.4, 0.5) is 5.13 Å². The molecule has 1 aromatic heterocycles. The quantitative estimate of drug-likeness (QED) is 0.845. The SMILES string of the molecule is Cc1cc(Cl)cc(C(=O)Nc2ncc(/C=C/C(=O)O)s2)c1. The van der Waals surface area contributed by atoms with Crippen LogP contribution in [0.5, 0.6) is 0 Å². The van der Waals surface area contributed by atoms with Crippen molar-refractivity contribution in [1.82, 2.24) is 4.98 Å². The number of aromatic nitrogens is 1. The highest BCUT2D eigenvalue weighted by Gasteiger charge is 2.10. The Morgan fingerprint density at radius 2 is 2.14 bits per heavy atom. The molecule has 5 nitrogen and oxygen atoms in total. The summed E-state index contributed by atoms with van der Waals surface area (Å²) in [6.45, 7) is 1.85. The third-order valence-electron chi connectivity index (χ3n) is 2.44. The molecule has 0 saturated carbocycles. The fraction of sp³-hybridized carbons (Fsp3) is 0.0714. The summed E-state index contributed by atoms with van der Waals surface area (Å²) in [5.41, 5.74) is 1.33. The first-order valence-corrected chi connectivity index (χ1v) is 7.09. The number of carboxylic acid groups (broad SMARTS) is 1. The third-order valence-corrected chi connectivity index (χ3v) is 3.53. The van der Waals surface area contributed by atoms with Gasteiger partial charge in [-0.25, -0.2) is 9.78 Å². The van der Waals surface area contributed by atoms with Gasteiger partial charge in [0, 0.05) is 27.7 Å². The summed E-state index contributed by atoms with van der Waals surface area (Å²) < 4.78 is 0. The van der Waals surface area contributed by atoms with E-state index in [9.17, 15) is 9.59 Å². The van der Waals surface area contributed by atoms with Gasteiger partial charge in [-0.3, -0.25) is 10.1 Å². The van der Waals surface area contributed by atoms with E-state index >= 15 is 0 Å². The monoisotopic (exact) mass is 322 g/mol. The van der Waals surface area contributed by atoms with Crippen LogP contribution < -0.4 is 5.32 Å². The Balaban J connectivity index is 2.11. The van der Waals surface area contributed by atoms with E-state index in [0.29, 0.717) is 20.6 Å². The Hall–Kier alpha value is -2.18. The number of amides is 1. The number of benzene rings is 1. The number of nitrogens with one attached hydrogen (secondary N) is 1. The van der Waals surface area contributed by atoms with Crippen molar-refractivity contribution in [1.29, 1.82) is 0 Å². The minimum absolute atomic E-state index is 0.316. The Morgan fingerprint density at radius 1 is 1.38 bits per heavy atom. The lowest BCUT2D eigenvalue weighted by Crippen LogP contribution is -2.11. The van der Waals surface area contributed by atoms with E-state index in [-0.39, 0.29) is 5.91 Å². The Morgan fingerprint density at radius 3 is 2.81 bits per heavy atom. The highest BCUT2D eigenvalue weighted by molar-refractivity contribution is 7.16. The van der Waals surface area contributed by atoms with E-state index in [1.807, 2.05) is 6.92 Å². The van der Waals surface area contributed by atoms with Crippen LogP contribution in [0.15, 0.2) is 30.5 Å². The molecule has 0 aliphatic rings. The van der Waals surface area contributed by atoms with E-state index in [4.69, 9.17) is 16.7 Å². The number of thiazole rings is 1. The number of anilines is 1. The Labute approximate surface area is 129 Å². The first-order chi connectivity index (χ1) is 9.94. The Bertz CT molecular complexity index is 705. The first kappa shape index (κ1) is 15.2. The van der Waals surface area contributed by atoms with Crippen LogP contribution in [0.3, 0.4) is 0 Å². The highest BCUT2D eigenvalue weighted by Crippen LogP contribution is 2.21. The van der Waals surface area contributed by atoms with Gasteiger partial charge in [-0.1, -0.05) is 22.9 Å². The molecule has 0 fully saturated rings. The number of hydrogen-bond acceptors (Lipinski definition) is 4. The average Bonchev–Trinajstić information content (AvgIpc) is 2.83. The van der Waals surface area contributed by atoms with Crippen molar-refractivity contribution in [3.05, 3.63) is 51.5 Å². The van der Waals surface area contributed by atoms with Gasteiger partial charge in [0.05, 0.1) is 0 Å². The number of aliphatic carboxylic acids is 1.